The Morgan fingerprint density at radius 2 is 2.04 bits per heavy atom. The average Bonchev–Trinajstić information content (AvgIpc) is 2.87. The van der Waals surface area contributed by atoms with Gasteiger partial charge in [-0.3, -0.25) is 9.69 Å². The van der Waals surface area contributed by atoms with Crippen LogP contribution < -0.4 is 10.1 Å². The minimum Gasteiger partial charge on any atom is -0.497 e. The molecule has 3 rings (SSSR count). The lowest BCUT2D eigenvalue weighted by atomic mass is 10.0. The maximum Gasteiger partial charge on any atom is 0.330 e. The fourth-order valence-electron chi connectivity index (χ4n) is 3.49. The maximum absolute atomic E-state index is 12.3. The van der Waals surface area contributed by atoms with Crippen molar-refractivity contribution in [3.8, 4) is 5.75 Å². The number of esters is 1. The molecule has 2 saturated heterocycles. The van der Waals surface area contributed by atoms with Gasteiger partial charge in [0.2, 0.25) is 5.91 Å². The van der Waals surface area contributed by atoms with Gasteiger partial charge in [0.25, 0.3) is 0 Å². The first kappa shape index (κ1) is 15.8. The van der Waals surface area contributed by atoms with Crippen LogP contribution >= 0.6 is 0 Å². The predicted octanol–water partition coefficient (Wildman–Crippen LogP) is 1.09. The Labute approximate surface area is 135 Å². The molecule has 3 atom stereocenters. The molecule has 0 aromatic heterocycles. The number of ether oxygens (including phenoxy) is 2. The number of nitrogens with one attached hydrogen (secondary N) is 1. The van der Waals surface area contributed by atoms with Gasteiger partial charge in [-0.1, -0.05) is 12.1 Å². The third kappa shape index (κ3) is 3.03. The maximum atomic E-state index is 12.3. The molecule has 0 saturated carbocycles. The fraction of sp³-hybridized carbons (Fsp3) is 0.529. The van der Waals surface area contributed by atoms with E-state index in [1.165, 1.54) is 0 Å². The quantitative estimate of drug-likeness (QED) is 0.823. The molecule has 2 fully saturated rings. The van der Waals surface area contributed by atoms with Gasteiger partial charge in [0, 0.05) is 12.6 Å². The highest BCUT2D eigenvalue weighted by molar-refractivity contribution is 5.90. The van der Waals surface area contributed by atoms with E-state index in [0.29, 0.717) is 13.2 Å². The van der Waals surface area contributed by atoms with Gasteiger partial charge in [0.1, 0.15) is 11.8 Å². The number of nitrogens with zero attached hydrogens (tertiary/aromatic N) is 1. The van der Waals surface area contributed by atoms with Crippen molar-refractivity contribution < 1.29 is 19.1 Å². The molecule has 1 N–H and O–H groups in total. The van der Waals surface area contributed by atoms with E-state index >= 15 is 0 Å². The van der Waals surface area contributed by atoms with Gasteiger partial charge in [-0.25, -0.2) is 4.79 Å². The SMILES string of the molecule is CCOC(=O)C1NC(=O)[C@H]2CC[C@@H]1N2Cc1ccc(OC)cc1. The molecule has 2 bridgehead atoms. The molecule has 2 aliphatic rings. The van der Waals surface area contributed by atoms with Crippen LogP contribution in [0.4, 0.5) is 0 Å². The van der Waals surface area contributed by atoms with Crippen LogP contribution in [0.25, 0.3) is 0 Å². The summed E-state index contributed by atoms with van der Waals surface area (Å²) >= 11 is 0. The Morgan fingerprint density at radius 3 is 2.70 bits per heavy atom. The molecule has 6 heteroatoms. The number of carbonyl (C=O) groups excluding carboxylic acids is 2. The standard InChI is InChI=1S/C17H22N2O4/c1-3-23-17(21)15-13-8-9-14(16(20)18-15)19(13)10-11-4-6-12(22-2)7-5-11/h4-7,13-15H,3,8-10H2,1-2H3,(H,18,20)/t13-,14+,15?/m0/s1. The predicted molar refractivity (Wildman–Crippen MR) is 83.9 cm³/mol. The van der Waals surface area contributed by atoms with Gasteiger partial charge in [-0.2, -0.15) is 0 Å². The van der Waals surface area contributed by atoms with E-state index in [0.717, 1.165) is 24.2 Å². The van der Waals surface area contributed by atoms with Crippen molar-refractivity contribution in [3.63, 3.8) is 0 Å². The van der Waals surface area contributed by atoms with Crippen molar-refractivity contribution in [1.82, 2.24) is 10.2 Å². The smallest absolute Gasteiger partial charge is 0.330 e. The molecule has 23 heavy (non-hydrogen) atoms. The van der Waals surface area contributed by atoms with Crippen LogP contribution in [0.2, 0.25) is 0 Å². The second kappa shape index (κ2) is 6.58. The van der Waals surface area contributed by atoms with Crippen molar-refractivity contribution >= 4 is 11.9 Å². The normalized spacial score (nSPS) is 26.7. The number of piperazine rings is 1. The molecular weight excluding hydrogens is 296 g/mol. The molecule has 124 valence electrons. The van der Waals surface area contributed by atoms with Crippen LogP contribution in [0.3, 0.4) is 0 Å². The summed E-state index contributed by atoms with van der Waals surface area (Å²) < 4.78 is 10.3. The first-order valence-electron chi connectivity index (χ1n) is 7.99. The van der Waals surface area contributed by atoms with Crippen molar-refractivity contribution in [2.45, 2.75) is 44.4 Å². The van der Waals surface area contributed by atoms with Gasteiger partial charge in [-0.15, -0.1) is 0 Å². The Bertz CT molecular complexity index is 587. The summed E-state index contributed by atoms with van der Waals surface area (Å²) in [4.78, 5) is 26.6. The number of hydrogen-bond donors (Lipinski definition) is 1. The van der Waals surface area contributed by atoms with Gasteiger partial charge >= 0.3 is 5.97 Å². The third-order valence-corrected chi connectivity index (χ3v) is 4.61. The summed E-state index contributed by atoms with van der Waals surface area (Å²) in [7, 11) is 1.63. The van der Waals surface area contributed by atoms with Crippen molar-refractivity contribution in [3.05, 3.63) is 29.8 Å². The molecule has 2 aliphatic heterocycles. The van der Waals surface area contributed by atoms with Crippen LogP contribution in [-0.4, -0.2) is 48.6 Å². The lowest BCUT2D eigenvalue weighted by Crippen LogP contribution is -2.63. The summed E-state index contributed by atoms with van der Waals surface area (Å²) in [5.74, 6) is 0.383. The highest BCUT2D eigenvalue weighted by Gasteiger charge is 2.49. The highest BCUT2D eigenvalue weighted by Crippen LogP contribution is 2.32. The fourth-order valence-corrected chi connectivity index (χ4v) is 3.49. The largest absolute Gasteiger partial charge is 0.497 e. The van der Waals surface area contributed by atoms with Crippen LogP contribution in [0.1, 0.15) is 25.3 Å². The first-order chi connectivity index (χ1) is 11.1. The minimum absolute atomic E-state index is 0.00106. The first-order valence-corrected chi connectivity index (χ1v) is 7.99. The molecular formula is C17H22N2O4. The summed E-state index contributed by atoms with van der Waals surface area (Å²) in [5.41, 5.74) is 1.10. The van der Waals surface area contributed by atoms with Crippen LogP contribution in [-0.2, 0) is 20.9 Å². The second-order valence-electron chi connectivity index (χ2n) is 5.92. The number of fused-ring (bicyclic) bond motifs is 2. The molecule has 1 amide bonds. The van der Waals surface area contributed by atoms with E-state index in [1.54, 1.807) is 14.0 Å². The molecule has 1 aromatic rings. The number of carbonyl (C=O) groups is 2. The summed E-state index contributed by atoms with van der Waals surface area (Å²) in [5, 5.41) is 2.82. The molecule has 1 aromatic carbocycles. The zero-order valence-corrected chi connectivity index (χ0v) is 13.5. The van der Waals surface area contributed by atoms with Crippen LogP contribution in [0.5, 0.6) is 5.75 Å². The third-order valence-electron chi connectivity index (χ3n) is 4.61. The summed E-state index contributed by atoms with van der Waals surface area (Å²) in [6.45, 7) is 2.73. The molecule has 0 spiro atoms. The average molecular weight is 318 g/mol. The number of benzene rings is 1. The van der Waals surface area contributed by atoms with Gasteiger partial charge in [-0.05, 0) is 37.5 Å². The van der Waals surface area contributed by atoms with E-state index < -0.39 is 6.04 Å². The lowest BCUT2D eigenvalue weighted by Gasteiger charge is -2.38. The molecule has 1 unspecified atom stereocenters. The van der Waals surface area contributed by atoms with Crippen LogP contribution in [0, 0.1) is 0 Å². The highest BCUT2D eigenvalue weighted by atomic mass is 16.5. The molecule has 0 radical (unpaired) electrons. The van der Waals surface area contributed by atoms with Crippen molar-refractivity contribution in [2.75, 3.05) is 13.7 Å². The molecule has 2 heterocycles. The van der Waals surface area contributed by atoms with E-state index in [2.05, 4.69) is 10.2 Å². The lowest BCUT2D eigenvalue weighted by molar-refractivity contribution is -0.152. The Kier molecular flexibility index (Phi) is 4.52. The van der Waals surface area contributed by atoms with E-state index in [-0.39, 0.29) is 24.0 Å². The van der Waals surface area contributed by atoms with Gasteiger partial charge in [0.05, 0.1) is 19.8 Å². The number of hydrogen-bond acceptors (Lipinski definition) is 5. The number of methoxy groups -OCH3 is 1. The number of amides is 1. The van der Waals surface area contributed by atoms with Gasteiger partial charge in [0.15, 0.2) is 0 Å². The minimum atomic E-state index is -0.570. The van der Waals surface area contributed by atoms with E-state index in [4.69, 9.17) is 9.47 Å². The molecule has 6 nitrogen and oxygen atoms in total. The zero-order chi connectivity index (χ0) is 16.4. The van der Waals surface area contributed by atoms with Gasteiger partial charge < -0.3 is 14.8 Å². The molecule has 0 aliphatic carbocycles. The van der Waals surface area contributed by atoms with E-state index in [9.17, 15) is 9.59 Å². The van der Waals surface area contributed by atoms with E-state index in [1.807, 2.05) is 24.3 Å². The number of rotatable bonds is 5. The monoisotopic (exact) mass is 318 g/mol. The topological polar surface area (TPSA) is 67.9 Å². The Balaban J connectivity index is 1.77. The summed E-state index contributed by atoms with van der Waals surface area (Å²) in [6, 6.07) is 7.06. The summed E-state index contributed by atoms with van der Waals surface area (Å²) in [6.07, 6.45) is 1.60. The van der Waals surface area contributed by atoms with Crippen molar-refractivity contribution in [1.29, 1.82) is 0 Å². The Morgan fingerprint density at radius 1 is 1.30 bits per heavy atom. The van der Waals surface area contributed by atoms with Crippen LogP contribution in [0.15, 0.2) is 24.3 Å². The Hall–Kier alpha value is -2.08. The zero-order valence-electron chi connectivity index (χ0n) is 13.5. The second-order valence-corrected chi connectivity index (χ2v) is 5.92. The van der Waals surface area contributed by atoms with Crippen molar-refractivity contribution in [2.24, 2.45) is 0 Å².